The summed E-state index contributed by atoms with van der Waals surface area (Å²) in [6, 6.07) is 0. The van der Waals surface area contributed by atoms with Crippen molar-refractivity contribution >= 4 is 5.78 Å². The molecule has 0 aromatic rings. The molecule has 4 rings (SSSR count). The van der Waals surface area contributed by atoms with Crippen molar-refractivity contribution in [3.8, 4) is 0 Å². The van der Waals surface area contributed by atoms with E-state index in [4.69, 9.17) is 0 Å². The second-order valence-corrected chi connectivity index (χ2v) is 12.9. The van der Waals surface area contributed by atoms with Gasteiger partial charge in [-0.2, -0.15) is 0 Å². The predicted octanol–water partition coefficient (Wildman–Crippen LogP) is 6.03. The van der Waals surface area contributed by atoms with Crippen molar-refractivity contribution in [2.24, 2.45) is 58.2 Å². The Balaban J connectivity index is 1.55. The van der Waals surface area contributed by atoms with E-state index in [0.29, 0.717) is 35.4 Å². The highest BCUT2D eigenvalue weighted by Gasteiger charge is 2.62. The average molecular weight is 445 g/mol. The molecule has 0 bridgehead atoms. The van der Waals surface area contributed by atoms with Crippen LogP contribution >= 0.6 is 0 Å². The van der Waals surface area contributed by atoms with Gasteiger partial charge in [-0.3, -0.25) is 4.79 Å². The Hall–Kier alpha value is -0.670. The van der Waals surface area contributed by atoms with Crippen LogP contribution in [0, 0.1) is 58.2 Å². The van der Waals surface area contributed by atoms with Crippen LogP contribution in [0.25, 0.3) is 0 Å². The molecular weight excluding hydrogens is 396 g/mol. The number of aliphatic hydroxyl groups is 2. The molecule has 0 unspecified atom stereocenters. The summed E-state index contributed by atoms with van der Waals surface area (Å²) >= 11 is 0. The number of carbonyl (C=O) groups excluding carboxylic acids is 1. The summed E-state index contributed by atoms with van der Waals surface area (Å²) in [7, 11) is 0. The van der Waals surface area contributed by atoms with Gasteiger partial charge in [0.2, 0.25) is 0 Å². The molecule has 0 aliphatic heterocycles. The minimum absolute atomic E-state index is 0.0876. The smallest absolute Gasteiger partial charge is 0.137 e. The molecule has 32 heavy (non-hydrogen) atoms. The number of Topliss-reactive ketones (excluding diaryl/α,β-unsaturated/α-hetero) is 1. The number of ketones is 1. The van der Waals surface area contributed by atoms with Gasteiger partial charge in [0.1, 0.15) is 5.78 Å². The van der Waals surface area contributed by atoms with E-state index in [2.05, 4.69) is 53.7 Å². The molecule has 0 saturated heterocycles. The molecule has 11 atom stereocenters. The highest BCUT2D eigenvalue weighted by molar-refractivity contribution is 5.83. The van der Waals surface area contributed by atoms with Gasteiger partial charge in [-0.25, -0.2) is 0 Å². The molecular formula is C29H48O3. The number of hydrogen-bond donors (Lipinski definition) is 2. The van der Waals surface area contributed by atoms with Crippen LogP contribution in [0.4, 0.5) is 0 Å². The first kappa shape index (κ1) is 24.5. The normalized spacial score (nSPS) is 45.0. The minimum atomic E-state index is -0.668. The van der Waals surface area contributed by atoms with E-state index in [-0.39, 0.29) is 28.6 Å². The van der Waals surface area contributed by atoms with Gasteiger partial charge < -0.3 is 10.2 Å². The lowest BCUT2D eigenvalue weighted by molar-refractivity contribution is -0.151. The summed E-state index contributed by atoms with van der Waals surface area (Å²) < 4.78 is 0. The Morgan fingerprint density at radius 2 is 1.69 bits per heavy atom. The fourth-order valence-corrected chi connectivity index (χ4v) is 9.47. The van der Waals surface area contributed by atoms with E-state index in [0.717, 1.165) is 32.1 Å². The fraction of sp³-hybridized carbons (Fsp3) is 0.897. The van der Waals surface area contributed by atoms with Crippen LogP contribution in [-0.2, 0) is 4.79 Å². The number of rotatable bonds is 6. The zero-order chi connectivity index (χ0) is 23.4. The summed E-state index contributed by atoms with van der Waals surface area (Å²) in [6.07, 6.45) is 11.7. The maximum atomic E-state index is 13.3. The van der Waals surface area contributed by atoms with Crippen molar-refractivity contribution in [2.75, 3.05) is 0 Å². The Kier molecular flexibility index (Phi) is 6.75. The van der Waals surface area contributed by atoms with E-state index in [1.807, 2.05) is 0 Å². The van der Waals surface area contributed by atoms with E-state index < -0.39 is 12.2 Å². The van der Waals surface area contributed by atoms with E-state index >= 15 is 0 Å². The highest BCUT2D eigenvalue weighted by Crippen LogP contribution is 2.67. The van der Waals surface area contributed by atoms with E-state index in [1.165, 1.54) is 19.3 Å². The first-order valence-electron chi connectivity index (χ1n) is 13.6. The third-order valence-corrected chi connectivity index (χ3v) is 11.4. The summed E-state index contributed by atoms with van der Waals surface area (Å²) in [6.45, 7) is 13.5. The molecule has 0 radical (unpaired) electrons. The largest absolute Gasteiger partial charge is 0.390 e. The third kappa shape index (κ3) is 3.65. The second-order valence-electron chi connectivity index (χ2n) is 12.9. The van der Waals surface area contributed by atoms with Gasteiger partial charge in [0, 0.05) is 12.3 Å². The number of carbonyl (C=O) groups is 1. The summed E-state index contributed by atoms with van der Waals surface area (Å²) in [5.41, 5.74) is 0.315. The Labute approximate surface area is 196 Å². The van der Waals surface area contributed by atoms with Gasteiger partial charge in [-0.1, -0.05) is 60.1 Å². The average Bonchev–Trinajstić information content (AvgIpc) is 3.10. The fourth-order valence-electron chi connectivity index (χ4n) is 9.47. The third-order valence-electron chi connectivity index (χ3n) is 11.4. The zero-order valence-corrected chi connectivity index (χ0v) is 21.4. The molecule has 0 aromatic carbocycles. The molecule has 0 spiro atoms. The standard InChI is InChI=1S/C29H48O3/c1-7-19(17(2)3)27(32)26(31)18(4)21-11-12-22-20-16-25(30)24-10-8-9-14-28(24,5)23(20)13-15-29(21,22)6/h8-9,17-24,26-27,31-32H,7,10-16H2,1-6H3/t18-,19+,20-,21+,22-,23-,24+,26+,27+,28+,29+/m0/s1. The van der Waals surface area contributed by atoms with Gasteiger partial charge >= 0.3 is 0 Å². The first-order chi connectivity index (χ1) is 15.1. The maximum absolute atomic E-state index is 13.3. The molecule has 182 valence electrons. The van der Waals surface area contributed by atoms with Crippen LogP contribution in [0.1, 0.15) is 92.9 Å². The summed E-state index contributed by atoms with van der Waals surface area (Å²) in [5, 5.41) is 22.3. The van der Waals surface area contributed by atoms with Crippen LogP contribution in [0.5, 0.6) is 0 Å². The van der Waals surface area contributed by atoms with Crippen molar-refractivity contribution in [2.45, 2.75) is 105 Å². The van der Waals surface area contributed by atoms with Gasteiger partial charge in [0.05, 0.1) is 12.2 Å². The summed E-state index contributed by atoms with van der Waals surface area (Å²) in [5.74, 6) is 3.50. The molecule has 3 nitrogen and oxygen atoms in total. The lowest BCUT2D eigenvalue weighted by Gasteiger charge is -2.59. The molecule has 3 saturated carbocycles. The van der Waals surface area contributed by atoms with Crippen molar-refractivity contribution < 1.29 is 15.0 Å². The molecule has 3 heteroatoms. The quantitative estimate of drug-likeness (QED) is 0.492. The highest BCUT2D eigenvalue weighted by atomic mass is 16.3. The molecule has 4 aliphatic rings. The van der Waals surface area contributed by atoms with Crippen LogP contribution in [0.2, 0.25) is 0 Å². The number of aliphatic hydroxyl groups excluding tert-OH is 2. The van der Waals surface area contributed by atoms with Gasteiger partial charge in [0.15, 0.2) is 0 Å². The molecule has 2 N–H and O–H groups in total. The summed E-state index contributed by atoms with van der Waals surface area (Å²) in [4.78, 5) is 13.3. The number of fused-ring (bicyclic) bond motifs is 5. The van der Waals surface area contributed by atoms with Gasteiger partial charge in [0.25, 0.3) is 0 Å². The van der Waals surface area contributed by atoms with Crippen molar-refractivity contribution in [1.29, 1.82) is 0 Å². The predicted molar refractivity (Wildman–Crippen MR) is 130 cm³/mol. The van der Waals surface area contributed by atoms with Crippen LogP contribution in [0.3, 0.4) is 0 Å². The molecule has 0 amide bonds. The zero-order valence-electron chi connectivity index (χ0n) is 21.4. The van der Waals surface area contributed by atoms with Crippen LogP contribution in [-0.4, -0.2) is 28.2 Å². The Morgan fingerprint density at radius 1 is 1.00 bits per heavy atom. The lowest BCUT2D eigenvalue weighted by Crippen LogP contribution is -2.56. The van der Waals surface area contributed by atoms with E-state index in [9.17, 15) is 15.0 Å². The SMILES string of the molecule is CC[C@H](C(C)C)[C@@H](O)[C@H](O)[C@@H](C)[C@H]1CC[C@H]2[C@@H]3CC(=O)[C@H]4CC=CC[C@]4(C)[C@H]3CC[C@]12C. The first-order valence-corrected chi connectivity index (χ1v) is 13.6. The minimum Gasteiger partial charge on any atom is -0.390 e. The topological polar surface area (TPSA) is 57.5 Å². The van der Waals surface area contributed by atoms with Crippen LogP contribution < -0.4 is 0 Å². The molecule has 4 aliphatic carbocycles. The Morgan fingerprint density at radius 3 is 2.34 bits per heavy atom. The van der Waals surface area contributed by atoms with Gasteiger partial charge in [-0.05, 0) is 90.8 Å². The van der Waals surface area contributed by atoms with Crippen LogP contribution in [0.15, 0.2) is 12.2 Å². The lowest BCUT2D eigenvalue weighted by atomic mass is 9.45. The maximum Gasteiger partial charge on any atom is 0.137 e. The monoisotopic (exact) mass is 444 g/mol. The second kappa shape index (κ2) is 8.84. The molecule has 0 aromatic heterocycles. The molecule has 0 heterocycles. The van der Waals surface area contributed by atoms with Crippen molar-refractivity contribution in [3.63, 3.8) is 0 Å². The van der Waals surface area contributed by atoms with Crippen molar-refractivity contribution in [3.05, 3.63) is 12.2 Å². The Bertz CT molecular complexity index is 728. The van der Waals surface area contributed by atoms with E-state index in [1.54, 1.807) is 0 Å². The van der Waals surface area contributed by atoms with Crippen molar-refractivity contribution in [1.82, 2.24) is 0 Å². The molecule has 3 fully saturated rings. The number of hydrogen-bond acceptors (Lipinski definition) is 3. The number of allylic oxidation sites excluding steroid dienone is 2. The van der Waals surface area contributed by atoms with Gasteiger partial charge in [-0.15, -0.1) is 0 Å².